The molecular formula is C19H38IN5O2S. The van der Waals surface area contributed by atoms with Gasteiger partial charge in [0.1, 0.15) is 0 Å². The van der Waals surface area contributed by atoms with Gasteiger partial charge in [-0.2, -0.15) is 0 Å². The van der Waals surface area contributed by atoms with E-state index in [0.717, 1.165) is 31.4 Å². The molecule has 0 aromatic rings. The zero-order valence-corrected chi connectivity index (χ0v) is 20.5. The second kappa shape index (κ2) is 11.3. The average molecular weight is 528 g/mol. The lowest BCUT2D eigenvalue weighted by atomic mass is 9.98. The van der Waals surface area contributed by atoms with Crippen LogP contribution in [0, 0.1) is 5.92 Å². The Morgan fingerprint density at radius 3 is 2.14 bits per heavy atom. The summed E-state index contributed by atoms with van der Waals surface area (Å²) in [6, 6.07) is 1.34. The number of hydrogen-bond acceptors (Lipinski definition) is 4. The predicted molar refractivity (Wildman–Crippen MR) is 126 cm³/mol. The molecule has 2 heterocycles. The van der Waals surface area contributed by atoms with E-state index in [4.69, 9.17) is 0 Å². The first kappa shape index (κ1) is 24.1. The van der Waals surface area contributed by atoms with Crippen LogP contribution in [0.1, 0.15) is 51.4 Å². The monoisotopic (exact) mass is 527 g/mol. The molecule has 2 N–H and O–H groups in total. The van der Waals surface area contributed by atoms with Crippen molar-refractivity contribution in [3.63, 3.8) is 0 Å². The first-order chi connectivity index (χ1) is 13.0. The maximum Gasteiger partial charge on any atom is 0.211 e. The number of likely N-dealkylation sites (tertiary alicyclic amines) is 1. The predicted octanol–water partition coefficient (Wildman–Crippen LogP) is 1.85. The van der Waals surface area contributed by atoms with E-state index in [9.17, 15) is 8.42 Å². The number of nitrogens with one attached hydrogen (secondary N) is 2. The van der Waals surface area contributed by atoms with Gasteiger partial charge in [0.05, 0.1) is 6.26 Å². The molecule has 0 bridgehead atoms. The number of piperidine rings is 2. The SMILES string of the molecule is CN=C(NCC1CCN(S(C)(=O)=O)CC1)NC1CCN(C2CCCC2)CC1.I. The van der Waals surface area contributed by atoms with Crippen LogP contribution < -0.4 is 10.6 Å². The molecule has 0 atom stereocenters. The Morgan fingerprint density at radius 1 is 1.00 bits per heavy atom. The highest BCUT2D eigenvalue weighted by atomic mass is 127. The van der Waals surface area contributed by atoms with Crippen LogP contribution in [-0.2, 0) is 10.0 Å². The van der Waals surface area contributed by atoms with Crippen molar-refractivity contribution in [1.82, 2.24) is 19.8 Å². The zero-order valence-electron chi connectivity index (χ0n) is 17.4. The molecule has 2 aliphatic heterocycles. The van der Waals surface area contributed by atoms with Crippen LogP contribution in [0.25, 0.3) is 0 Å². The molecule has 9 heteroatoms. The third kappa shape index (κ3) is 6.98. The molecule has 3 rings (SSSR count). The van der Waals surface area contributed by atoms with E-state index in [-0.39, 0.29) is 24.0 Å². The van der Waals surface area contributed by atoms with Gasteiger partial charge >= 0.3 is 0 Å². The number of halogens is 1. The van der Waals surface area contributed by atoms with Crippen molar-refractivity contribution in [3.05, 3.63) is 0 Å². The number of rotatable bonds is 5. The van der Waals surface area contributed by atoms with Gasteiger partial charge in [-0.3, -0.25) is 4.99 Å². The normalized spacial score (nSPS) is 24.9. The second-order valence-corrected chi connectivity index (χ2v) is 10.4. The Bertz CT molecular complexity index is 593. The fraction of sp³-hybridized carbons (Fsp3) is 0.947. The van der Waals surface area contributed by atoms with Crippen LogP contribution in [-0.4, -0.2) is 81.7 Å². The highest BCUT2D eigenvalue weighted by Crippen LogP contribution is 2.26. The van der Waals surface area contributed by atoms with E-state index in [1.54, 1.807) is 4.31 Å². The maximum atomic E-state index is 11.6. The minimum atomic E-state index is -3.04. The minimum absolute atomic E-state index is 0. The summed E-state index contributed by atoms with van der Waals surface area (Å²) in [5.74, 6) is 1.39. The summed E-state index contributed by atoms with van der Waals surface area (Å²) in [5, 5.41) is 7.06. The smallest absolute Gasteiger partial charge is 0.211 e. The fourth-order valence-corrected chi connectivity index (χ4v) is 5.63. The molecule has 0 aromatic heterocycles. The Kier molecular flexibility index (Phi) is 9.75. The van der Waals surface area contributed by atoms with E-state index in [0.29, 0.717) is 25.0 Å². The van der Waals surface area contributed by atoms with E-state index in [1.807, 2.05) is 7.05 Å². The Labute approximate surface area is 188 Å². The van der Waals surface area contributed by atoms with Crippen molar-refractivity contribution < 1.29 is 8.42 Å². The summed E-state index contributed by atoms with van der Waals surface area (Å²) in [6.07, 6.45) is 11.1. The summed E-state index contributed by atoms with van der Waals surface area (Å²) in [5.41, 5.74) is 0. The lowest BCUT2D eigenvalue weighted by Gasteiger charge is -2.37. The van der Waals surface area contributed by atoms with Gasteiger partial charge in [-0.1, -0.05) is 12.8 Å². The van der Waals surface area contributed by atoms with Crippen molar-refractivity contribution >= 4 is 40.0 Å². The first-order valence-corrected chi connectivity index (χ1v) is 12.5. The quantitative estimate of drug-likeness (QED) is 0.324. The molecule has 0 aromatic carbocycles. The fourth-order valence-electron chi connectivity index (χ4n) is 4.75. The van der Waals surface area contributed by atoms with E-state index >= 15 is 0 Å². The number of aliphatic imine (C=N–C) groups is 1. The van der Waals surface area contributed by atoms with Crippen LogP contribution in [0.5, 0.6) is 0 Å². The second-order valence-electron chi connectivity index (χ2n) is 8.45. The van der Waals surface area contributed by atoms with Gasteiger partial charge < -0.3 is 15.5 Å². The van der Waals surface area contributed by atoms with Gasteiger partial charge in [0, 0.05) is 51.9 Å². The van der Waals surface area contributed by atoms with Crippen LogP contribution >= 0.6 is 24.0 Å². The Hall–Kier alpha value is -0.130. The number of guanidine groups is 1. The van der Waals surface area contributed by atoms with Crippen molar-refractivity contribution in [2.75, 3.05) is 46.0 Å². The molecule has 0 spiro atoms. The van der Waals surface area contributed by atoms with Crippen molar-refractivity contribution in [1.29, 1.82) is 0 Å². The lowest BCUT2D eigenvalue weighted by Crippen LogP contribution is -2.51. The molecule has 7 nitrogen and oxygen atoms in total. The summed E-state index contributed by atoms with van der Waals surface area (Å²) in [6.45, 7) is 4.53. The summed E-state index contributed by atoms with van der Waals surface area (Å²) in [7, 11) is -1.21. The zero-order chi connectivity index (χ0) is 19.3. The van der Waals surface area contributed by atoms with Crippen LogP contribution in [0.4, 0.5) is 0 Å². The summed E-state index contributed by atoms with van der Waals surface area (Å²) in [4.78, 5) is 7.08. The van der Waals surface area contributed by atoms with Crippen molar-refractivity contribution in [2.24, 2.45) is 10.9 Å². The van der Waals surface area contributed by atoms with Crippen LogP contribution in [0.15, 0.2) is 4.99 Å². The van der Waals surface area contributed by atoms with E-state index in [1.165, 1.54) is 57.9 Å². The molecule has 1 aliphatic carbocycles. The minimum Gasteiger partial charge on any atom is -0.356 e. The maximum absolute atomic E-state index is 11.6. The molecule has 0 amide bonds. The topological polar surface area (TPSA) is 77.0 Å². The Morgan fingerprint density at radius 2 is 1.61 bits per heavy atom. The standard InChI is InChI=1S/C19H37N5O2S.HI/c1-20-19(21-15-16-7-13-24(14-8-16)27(2,25)26)22-17-9-11-23(12-10-17)18-5-3-4-6-18;/h16-18H,3-15H2,1-2H3,(H2,20,21,22);1H. The number of hydrogen-bond donors (Lipinski definition) is 2. The Balaban J connectivity index is 0.00000280. The van der Waals surface area contributed by atoms with E-state index < -0.39 is 10.0 Å². The van der Waals surface area contributed by atoms with Gasteiger partial charge in [0.15, 0.2) is 5.96 Å². The largest absolute Gasteiger partial charge is 0.356 e. The summed E-state index contributed by atoms with van der Waals surface area (Å²) >= 11 is 0. The molecule has 0 radical (unpaired) electrons. The lowest BCUT2D eigenvalue weighted by molar-refractivity contribution is 0.150. The molecule has 28 heavy (non-hydrogen) atoms. The highest BCUT2D eigenvalue weighted by molar-refractivity contribution is 14.0. The van der Waals surface area contributed by atoms with Crippen molar-refractivity contribution in [2.45, 2.75) is 63.5 Å². The van der Waals surface area contributed by atoms with Gasteiger partial charge in [-0.15, -0.1) is 24.0 Å². The van der Waals surface area contributed by atoms with Gasteiger partial charge in [0.25, 0.3) is 0 Å². The van der Waals surface area contributed by atoms with Crippen LogP contribution in [0.3, 0.4) is 0 Å². The molecule has 164 valence electrons. The molecule has 3 fully saturated rings. The average Bonchev–Trinajstić information content (AvgIpc) is 3.20. The summed E-state index contributed by atoms with van der Waals surface area (Å²) < 4.78 is 24.8. The molecule has 3 aliphatic rings. The van der Waals surface area contributed by atoms with Gasteiger partial charge in [0.2, 0.25) is 10.0 Å². The third-order valence-electron chi connectivity index (χ3n) is 6.54. The van der Waals surface area contributed by atoms with Gasteiger partial charge in [-0.05, 0) is 44.4 Å². The first-order valence-electron chi connectivity index (χ1n) is 10.6. The number of sulfonamides is 1. The molecule has 1 saturated carbocycles. The van der Waals surface area contributed by atoms with E-state index in [2.05, 4.69) is 20.5 Å². The highest BCUT2D eigenvalue weighted by Gasteiger charge is 2.28. The van der Waals surface area contributed by atoms with Crippen molar-refractivity contribution in [3.8, 4) is 0 Å². The van der Waals surface area contributed by atoms with Crippen LogP contribution in [0.2, 0.25) is 0 Å². The third-order valence-corrected chi connectivity index (χ3v) is 7.84. The molecule has 2 saturated heterocycles. The molecule has 0 unspecified atom stereocenters. The number of nitrogens with zero attached hydrogens (tertiary/aromatic N) is 3. The molecular weight excluding hydrogens is 489 g/mol. The van der Waals surface area contributed by atoms with Gasteiger partial charge in [-0.25, -0.2) is 12.7 Å².